The number of hydrogen-bond acceptors (Lipinski definition) is 3. The van der Waals surface area contributed by atoms with Crippen LogP contribution in [0, 0.1) is 6.92 Å². The third-order valence-electron chi connectivity index (χ3n) is 3.21. The first-order valence-corrected chi connectivity index (χ1v) is 7.27. The summed E-state index contributed by atoms with van der Waals surface area (Å²) in [5, 5.41) is 2.82. The minimum Gasteiger partial charge on any atom is -0.389 e. The minimum atomic E-state index is 0.0618. The largest absolute Gasteiger partial charge is 0.389 e. The number of aryl methyl sites for hydroxylation is 1. The van der Waals surface area contributed by atoms with Gasteiger partial charge in [0.05, 0.1) is 6.54 Å². The Morgan fingerprint density at radius 3 is 2.60 bits per heavy atom. The maximum Gasteiger partial charge on any atom is 0.234 e. The van der Waals surface area contributed by atoms with Gasteiger partial charge in [-0.25, -0.2) is 0 Å². The van der Waals surface area contributed by atoms with E-state index in [1.165, 1.54) is 5.56 Å². The first-order valence-electron chi connectivity index (χ1n) is 6.86. The summed E-state index contributed by atoms with van der Waals surface area (Å²) in [7, 11) is 0. The quantitative estimate of drug-likeness (QED) is 0.750. The molecule has 1 aromatic rings. The van der Waals surface area contributed by atoms with E-state index in [2.05, 4.69) is 17.1 Å². The number of nitrogens with two attached hydrogens (primary N) is 1. The summed E-state index contributed by atoms with van der Waals surface area (Å²) in [5.41, 5.74) is 8.84. The molecule has 20 heavy (non-hydrogen) atoms. The first-order chi connectivity index (χ1) is 9.47. The topological polar surface area (TPSA) is 58.4 Å². The number of carbonyl (C=O) groups excluding carboxylic acids is 1. The van der Waals surface area contributed by atoms with Crippen LogP contribution in [0.1, 0.15) is 30.5 Å². The molecule has 4 nitrogen and oxygen atoms in total. The average molecular weight is 293 g/mol. The second-order valence-corrected chi connectivity index (χ2v) is 5.20. The maximum absolute atomic E-state index is 11.6. The second kappa shape index (κ2) is 7.97. The summed E-state index contributed by atoms with van der Waals surface area (Å²) >= 11 is 4.98. The lowest BCUT2D eigenvalue weighted by molar-refractivity contribution is -0.122. The van der Waals surface area contributed by atoms with Crippen molar-refractivity contribution >= 4 is 23.1 Å². The molecule has 0 unspecified atom stereocenters. The fourth-order valence-corrected chi connectivity index (χ4v) is 2.13. The highest BCUT2D eigenvalue weighted by molar-refractivity contribution is 7.80. The molecule has 0 spiro atoms. The third-order valence-corrected chi connectivity index (χ3v) is 3.45. The number of amides is 1. The zero-order valence-corrected chi connectivity index (χ0v) is 13.2. The smallest absolute Gasteiger partial charge is 0.234 e. The van der Waals surface area contributed by atoms with Crippen LogP contribution in [-0.4, -0.2) is 35.4 Å². The molecule has 0 saturated heterocycles. The monoisotopic (exact) mass is 293 g/mol. The highest BCUT2D eigenvalue weighted by Gasteiger charge is 2.10. The molecule has 0 radical (unpaired) electrons. The van der Waals surface area contributed by atoms with E-state index >= 15 is 0 Å². The molecule has 1 amide bonds. The van der Waals surface area contributed by atoms with E-state index in [9.17, 15) is 4.79 Å². The number of carbonyl (C=O) groups is 1. The van der Waals surface area contributed by atoms with Gasteiger partial charge in [-0.3, -0.25) is 9.69 Å². The molecule has 5 heteroatoms. The summed E-state index contributed by atoms with van der Waals surface area (Å²) in [6.45, 7) is 8.67. The molecule has 0 aliphatic heterocycles. The molecule has 0 aliphatic carbocycles. The van der Waals surface area contributed by atoms with Crippen molar-refractivity contribution in [3.05, 3.63) is 34.9 Å². The van der Waals surface area contributed by atoms with Crippen LogP contribution in [0.25, 0.3) is 0 Å². The lowest BCUT2D eigenvalue weighted by atomic mass is 10.0. The molecule has 0 heterocycles. The van der Waals surface area contributed by atoms with Crippen LogP contribution in [0.3, 0.4) is 0 Å². The van der Waals surface area contributed by atoms with Gasteiger partial charge < -0.3 is 11.1 Å². The normalized spacial score (nSPS) is 10.6. The number of likely N-dealkylation sites (N-methyl/N-ethyl adjacent to an activating group) is 2. The minimum absolute atomic E-state index is 0.0618. The SMILES string of the molecule is CCNC(=O)CN(CC)Cc1ccc(C(N)=S)cc1C. The van der Waals surface area contributed by atoms with Crippen molar-refractivity contribution in [1.29, 1.82) is 0 Å². The highest BCUT2D eigenvalue weighted by Crippen LogP contribution is 2.13. The van der Waals surface area contributed by atoms with E-state index in [1.807, 2.05) is 32.0 Å². The van der Waals surface area contributed by atoms with Crippen LogP contribution in [0.4, 0.5) is 0 Å². The van der Waals surface area contributed by atoms with Crippen LogP contribution in [-0.2, 0) is 11.3 Å². The van der Waals surface area contributed by atoms with Crippen molar-refractivity contribution in [1.82, 2.24) is 10.2 Å². The van der Waals surface area contributed by atoms with Crippen LogP contribution in [0.2, 0.25) is 0 Å². The molecule has 0 aromatic heterocycles. The van der Waals surface area contributed by atoms with Crippen molar-refractivity contribution in [2.45, 2.75) is 27.3 Å². The highest BCUT2D eigenvalue weighted by atomic mass is 32.1. The van der Waals surface area contributed by atoms with Gasteiger partial charge in [0.2, 0.25) is 5.91 Å². The fraction of sp³-hybridized carbons (Fsp3) is 0.467. The Balaban J connectivity index is 2.75. The van der Waals surface area contributed by atoms with Crippen molar-refractivity contribution in [3.63, 3.8) is 0 Å². The standard InChI is InChI=1S/C15H23N3OS/c1-4-17-14(19)10-18(5-2)9-13-7-6-12(15(16)20)8-11(13)3/h6-8H,4-5,9-10H2,1-3H3,(H2,16,20)(H,17,19). The molecule has 110 valence electrons. The predicted molar refractivity (Wildman–Crippen MR) is 86.7 cm³/mol. The summed E-state index contributed by atoms with van der Waals surface area (Å²) < 4.78 is 0. The van der Waals surface area contributed by atoms with E-state index in [0.717, 1.165) is 24.2 Å². The van der Waals surface area contributed by atoms with E-state index < -0.39 is 0 Å². The zero-order chi connectivity index (χ0) is 15.1. The van der Waals surface area contributed by atoms with E-state index in [-0.39, 0.29) is 5.91 Å². The van der Waals surface area contributed by atoms with Crippen molar-refractivity contribution in [2.75, 3.05) is 19.6 Å². The molecule has 1 aromatic carbocycles. The molecule has 0 atom stereocenters. The molecule has 0 aliphatic rings. The Morgan fingerprint density at radius 2 is 2.10 bits per heavy atom. The lowest BCUT2D eigenvalue weighted by Crippen LogP contribution is -2.36. The van der Waals surface area contributed by atoms with Gasteiger partial charge in [-0.05, 0) is 37.6 Å². The molecular formula is C15H23N3OS. The van der Waals surface area contributed by atoms with Crippen molar-refractivity contribution in [2.24, 2.45) is 5.73 Å². The molecule has 1 rings (SSSR count). The Bertz CT molecular complexity index is 488. The molecule has 0 bridgehead atoms. The average Bonchev–Trinajstić information content (AvgIpc) is 2.40. The first kappa shape index (κ1) is 16.6. The predicted octanol–water partition coefficient (Wildman–Crippen LogP) is 1.59. The van der Waals surface area contributed by atoms with Gasteiger partial charge in [-0.2, -0.15) is 0 Å². The Hall–Kier alpha value is -1.46. The van der Waals surface area contributed by atoms with Crippen LogP contribution in [0.5, 0.6) is 0 Å². The Kier molecular flexibility index (Phi) is 6.61. The number of nitrogens with zero attached hydrogens (tertiary/aromatic N) is 1. The third kappa shape index (κ3) is 4.90. The van der Waals surface area contributed by atoms with Gasteiger partial charge in [0, 0.05) is 18.7 Å². The van der Waals surface area contributed by atoms with Crippen LogP contribution < -0.4 is 11.1 Å². The molecule has 0 saturated carbocycles. The maximum atomic E-state index is 11.6. The Labute approximate surface area is 126 Å². The number of rotatable bonds is 7. The van der Waals surface area contributed by atoms with Crippen molar-refractivity contribution in [3.8, 4) is 0 Å². The molecular weight excluding hydrogens is 270 g/mol. The van der Waals surface area contributed by atoms with Gasteiger partial charge >= 0.3 is 0 Å². The molecule has 0 fully saturated rings. The molecule has 3 N–H and O–H groups in total. The van der Waals surface area contributed by atoms with E-state index in [1.54, 1.807) is 0 Å². The Morgan fingerprint density at radius 1 is 1.40 bits per heavy atom. The van der Waals surface area contributed by atoms with Crippen LogP contribution >= 0.6 is 12.2 Å². The van der Waals surface area contributed by atoms with Gasteiger partial charge in [-0.15, -0.1) is 0 Å². The fourth-order valence-electron chi connectivity index (χ4n) is 2.00. The number of benzene rings is 1. The summed E-state index contributed by atoms with van der Waals surface area (Å²) in [5.74, 6) is 0.0618. The zero-order valence-electron chi connectivity index (χ0n) is 12.4. The lowest BCUT2D eigenvalue weighted by Gasteiger charge is -2.21. The van der Waals surface area contributed by atoms with Crippen LogP contribution in [0.15, 0.2) is 18.2 Å². The van der Waals surface area contributed by atoms with Gasteiger partial charge in [0.25, 0.3) is 0 Å². The summed E-state index contributed by atoms with van der Waals surface area (Å²) in [6.07, 6.45) is 0. The number of nitrogens with one attached hydrogen (secondary N) is 1. The van der Waals surface area contributed by atoms with Gasteiger partial charge in [-0.1, -0.05) is 31.3 Å². The van der Waals surface area contributed by atoms with E-state index in [4.69, 9.17) is 18.0 Å². The van der Waals surface area contributed by atoms with Crippen molar-refractivity contribution < 1.29 is 4.79 Å². The van der Waals surface area contributed by atoms with Gasteiger partial charge in [0.1, 0.15) is 4.99 Å². The van der Waals surface area contributed by atoms with E-state index in [0.29, 0.717) is 18.1 Å². The second-order valence-electron chi connectivity index (χ2n) is 4.76. The number of thiocarbonyl (C=S) groups is 1. The summed E-state index contributed by atoms with van der Waals surface area (Å²) in [6, 6.07) is 5.96. The van der Waals surface area contributed by atoms with Gasteiger partial charge in [0.15, 0.2) is 0 Å². The summed E-state index contributed by atoms with van der Waals surface area (Å²) in [4.78, 5) is 14.2. The number of hydrogen-bond donors (Lipinski definition) is 2.